The summed E-state index contributed by atoms with van der Waals surface area (Å²) in [5, 5.41) is 20.6. The highest BCUT2D eigenvalue weighted by Gasteiger charge is 2.33. The Labute approximate surface area is 209 Å². The van der Waals surface area contributed by atoms with Gasteiger partial charge in [-0.05, 0) is 38.1 Å². The zero-order valence-corrected chi connectivity index (χ0v) is 20.6. The van der Waals surface area contributed by atoms with Crippen molar-refractivity contribution in [3.8, 4) is 0 Å². The number of aromatic amines is 1. The van der Waals surface area contributed by atoms with Crippen LogP contribution in [-0.4, -0.2) is 82.0 Å². The number of H-pyrrole nitrogens is 1. The fourth-order valence-electron chi connectivity index (χ4n) is 3.82. The lowest BCUT2D eigenvalue weighted by atomic mass is 10.0. The molecule has 3 amide bonds. The van der Waals surface area contributed by atoms with Gasteiger partial charge in [-0.1, -0.05) is 13.8 Å². The molecule has 0 saturated carbocycles. The van der Waals surface area contributed by atoms with Crippen molar-refractivity contribution >= 4 is 29.7 Å². The minimum Gasteiger partial charge on any atom is -0.480 e. The number of hydrogen-bond donors (Lipinski definition) is 8. The molecule has 0 spiro atoms. The molecule has 0 bridgehead atoms. The number of aliphatic imine (C=N–C) groups is 1. The first-order chi connectivity index (χ1) is 17.1. The summed E-state index contributed by atoms with van der Waals surface area (Å²) in [6.07, 6.45) is 4.94. The Balaban J connectivity index is 2.10. The molecular formula is C22H37N9O5. The Morgan fingerprint density at radius 3 is 2.44 bits per heavy atom. The van der Waals surface area contributed by atoms with E-state index < -0.39 is 35.9 Å². The number of carboxylic acids is 1. The third-order valence-corrected chi connectivity index (χ3v) is 5.80. The minimum absolute atomic E-state index is 0.0425. The van der Waals surface area contributed by atoms with Gasteiger partial charge in [-0.3, -0.25) is 19.4 Å². The maximum absolute atomic E-state index is 13.2. The molecule has 1 aromatic rings. The zero-order chi connectivity index (χ0) is 26.7. The van der Waals surface area contributed by atoms with Crippen molar-refractivity contribution in [2.24, 2.45) is 22.4 Å². The Hall–Kier alpha value is -3.68. The van der Waals surface area contributed by atoms with Crippen molar-refractivity contribution in [1.82, 2.24) is 31.2 Å². The van der Waals surface area contributed by atoms with Crippen molar-refractivity contribution in [2.75, 3.05) is 13.1 Å². The number of hydrogen-bond acceptors (Lipinski definition) is 7. The second-order valence-corrected chi connectivity index (χ2v) is 9.07. The summed E-state index contributed by atoms with van der Waals surface area (Å²) in [6, 6.07) is -3.56. The molecule has 14 nitrogen and oxygen atoms in total. The van der Waals surface area contributed by atoms with Crippen molar-refractivity contribution in [3.63, 3.8) is 0 Å². The highest BCUT2D eigenvalue weighted by atomic mass is 16.4. The standard InChI is InChI=1S/C22H37N9O5/c1-12(2)17(31-18(32)14-5-3-7-26-14)20(34)30-16(9-13-10-25-11-28-13)19(33)29-15(21(35)36)6-4-8-27-22(23)24/h10-12,14-17,26H,3-9H2,1-2H3,(H,25,28)(H,29,33)(H,30,34)(H,31,32)(H,35,36)(H4,23,24,27). The van der Waals surface area contributed by atoms with Crippen LogP contribution in [0.2, 0.25) is 0 Å². The number of nitrogens with two attached hydrogens (primary N) is 2. The minimum atomic E-state index is -1.23. The molecule has 0 radical (unpaired) electrons. The molecule has 1 fully saturated rings. The van der Waals surface area contributed by atoms with E-state index in [1.54, 1.807) is 13.8 Å². The highest BCUT2D eigenvalue weighted by Crippen LogP contribution is 2.09. The van der Waals surface area contributed by atoms with Gasteiger partial charge in [-0.25, -0.2) is 9.78 Å². The van der Waals surface area contributed by atoms with Gasteiger partial charge in [0, 0.05) is 24.9 Å². The Bertz CT molecular complexity index is 909. The number of aliphatic carboxylic acids is 1. The van der Waals surface area contributed by atoms with E-state index in [2.05, 4.69) is 36.2 Å². The lowest BCUT2D eigenvalue weighted by Gasteiger charge is -2.27. The number of carbonyl (C=O) groups is 4. The van der Waals surface area contributed by atoms with Crippen LogP contribution in [0, 0.1) is 5.92 Å². The zero-order valence-electron chi connectivity index (χ0n) is 20.6. The second kappa shape index (κ2) is 14.0. The monoisotopic (exact) mass is 507 g/mol. The molecule has 10 N–H and O–H groups in total. The van der Waals surface area contributed by atoms with Crippen LogP contribution in [-0.2, 0) is 25.6 Å². The number of nitrogens with zero attached hydrogens (tertiary/aromatic N) is 2. The summed E-state index contributed by atoms with van der Waals surface area (Å²) in [5.41, 5.74) is 11.1. The van der Waals surface area contributed by atoms with E-state index in [4.69, 9.17) is 11.5 Å². The first-order valence-corrected chi connectivity index (χ1v) is 12.0. The number of imidazole rings is 1. The predicted octanol–water partition coefficient (Wildman–Crippen LogP) is -2.05. The molecule has 4 atom stereocenters. The fraction of sp³-hybridized carbons (Fsp3) is 0.636. The van der Waals surface area contributed by atoms with Crippen LogP contribution >= 0.6 is 0 Å². The molecule has 1 aromatic heterocycles. The molecule has 4 unspecified atom stereocenters. The number of amides is 3. The lowest BCUT2D eigenvalue weighted by molar-refractivity contribution is -0.142. The number of carboxylic acid groups (broad SMARTS) is 1. The molecule has 2 heterocycles. The molecule has 1 aliphatic rings. The Morgan fingerprint density at radius 2 is 1.89 bits per heavy atom. The lowest BCUT2D eigenvalue weighted by Crippen LogP contribution is -2.58. The summed E-state index contributed by atoms with van der Waals surface area (Å²) in [6.45, 7) is 4.52. The third-order valence-electron chi connectivity index (χ3n) is 5.80. The second-order valence-electron chi connectivity index (χ2n) is 9.07. The number of nitrogens with one attached hydrogen (secondary N) is 5. The topological polar surface area (TPSA) is 230 Å². The maximum Gasteiger partial charge on any atom is 0.326 e. The fourth-order valence-corrected chi connectivity index (χ4v) is 3.82. The molecular weight excluding hydrogens is 470 g/mol. The third kappa shape index (κ3) is 9.17. The van der Waals surface area contributed by atoms with Gasteiger partial charge in [0.1, 0.15) is 18.1 Å². The largest absolute Gasteiger partial charge is 0.480 e. The summed E-state index contributed by atoms with van der Waals surface area (Å²) in [5.74, 6) is -3.09. The van der Waals surface area contributed by atoms with Crippen molar-refractivity contribution in [3.05, 3.63) is 18.2 Å². The average molecular weight is 508 g/mol. The van der Waals surface area contributed by atoms with Crippen molar-refractivity contribution < 1.29 is 24.3 Å². The molecule has 0 aliphatic carbocycles. The quantitative estimate of drug-likeness (QED) is 0.0786. The smallest absolute Gasteiger partial charge is 0.326 e. The number of rotatable bonds is 14. The molecule has 200 valence electrons. The van der Waals surface area contributed by atoms with Crippen LogP contribution < -0.4 is 32.7 Å². The summed E-state index contributed by atoms with van der Waals surface area (Å²) in [7, 11) is 0. The number of carbonyl (C=O) groups excluding carboxylic acids is 3. The molecule has 0 aromatic carbocycles. The molecule has 14 heteroatoms. The predicted molar refractivity (Wildman–Crippen MR) is 131 cm³/mol. The van der Waals surface area contributed by atoms with Gasteiger partial charge < -0.3 is 42.8 Å². The van der Waals surface area contributed by atoms with Gasteiger partial charge in [0.25, 0.3) is 0 Å². The van der Waals surface area contributed by atoms with Gasteiger partial charge in [0.15, 0.2) is 5.96 Å². The molecule has 1 aliphatic heterocycles. The Kier molecular flexibility index (Phi) is 11.1. The number of aromatic nitrogens is 2. The maximum atomic E-state index is 13.2. The highest BCUT2D eigenvalue weighted by molar-refractivity contribution is 5.94. The van der Waals surface area contributed by atoms with E-state index in [0.29, 0.717) is 18.5 Å². The van der Waals surface area contributed by atoms with Crippen LogP contribution in [0.4, 0.5) is 0 Å². The molecule has 1 saturated heterocycles. The first kappa shape index (κ1) is 28.6. The van der Waals surface area contributed by atoms with Crippen LogP contribution in [0.1, 0.15) is 45.2 Å². The van der Waals surface area contributed by atoms with Crippen LogP contribution in [0.5, 0.6) is 0 Å². The van der Waals surface area contributed by atoms with Crippen LogP contribution in [0.25, 0.3) is 0 Å². The first-order valence-electron chi connectivity index (χ1n) is 12.0. The van der Waals surface area contributed by atoms with Gasteiger partial charge in [0.2, 0.25) is 17.7 Å². The van der Waals surface area contributed by atoms with E-state index >= 15 is 0 Å². The van der Waals surface area contributed by atoms with E-state index in [1.807, 2.05) is 0 Å². The van der Waals surface area contributed by atoms with Gasteiger partial charge in [-0.15, -0.1) is 0 Å². The van der Waals surface area contributed by atoms with E-state index in [1.165, 1.54) is 12.5 Å². The summed E-state index contributed by atoms with van der Waals surface area (Å²) < 4.78 is 0. The molecule has 36 heavy (non-hydrogen) atoms. The summed E-state index contributed by atoms with van der Waals surface area (Å²) >= 11 is 0. The van der Waals surface area contributed by atoms with Crippen molar-refractivity contribution in [1.29, 1.82) is 0 Å². The normalized spacial score (nSPS) is 17.6. The average Bonchev–Trinajstić information content (AvgIpc) is 3.52. The van der Waals surface area contributed by atoms with Gasteiger partial charge in [0.05, 0.1) is 12.4 Å². The summed E-state index contributed by atoms with van der Waals surface area (Å²) in [4.78, 5) is 61.2. The number of guanidine groups is 1. The van der Waals surface area contributed by atoms with Crippen molar-refractivity contribution in [2.45, 2.75) is 70.1 Å². The van der Waals surface area contributed by atoms with Crippen LogP contribution in [0.3, 0.4) is 0 Å². The van der Waals surface area contributed by atoms with Gasteiger partial charge >= 0.3 is 5.97 Å². The van der Waals surface area contributed by atoms with E-state index in [0.717, 1.165) is 13.0 Å². The molecule has 2 rings (SSSR count). The van der Waals surface area contributed by atoms with E-state index in [-0.39, 0.29) is 43.2 Å². The Morgan fingerprint density at radius 1 is 1.17 bits per heavy atom. The van der Waals surface area contributed by atoms with Gasteiger partial charge in [-0.2, -0.15) is 0 Å². The van der Waals surface area contributed by atoms with Crippen LogP contribution in [0.15, 0.2) is 17.5 Å². The van der Waals surface area contributed by atoms with E-state index in [9.17, 15) is 24.3 Å². The SMILES string of the molecule is CC(C)C(NC(=O)C1CCCN1)C(=O)NC(Cc1cnc[nH]1)C(=O)NC(CCCN=C(N)N)C(=O)O.